The molecule has 0 atom stereocenters. The average Bonchev–Trinajstić information content (AvgIpc) is 3.58. The zero-order valence-electron chi connectivity index (χ0n) is 53.9. The fourth-order valence-electron chi connectivity index (χ4n) is 10.8. The van der Waals surface area contributed by atoms with E-state index in [2.05, 4.69) is 346 Å². The molecule has 0 bridgehead atoms. The van der Waals surface area contributed by atoms with Gasteiger partial charge in [0.15, 0.2) is 29.0 Å². The molecule has 0 radical (unpaired) electrons. The lowest BCUT2D eigenvalue weighted by Gasteiger charge is -2.11. The summed E-state index contributed by atoms with van der Waals surface area (Å²) >= 11 is 0. The third-order valence-corrected chi connectivity index (χ3v) is 17.0. The van der Waals surface area contributed by atoms with Crippen molar-refractivity contribution < 1.29 is 22.8 Å². The fraction of sp³-hybridized carbons (Fsp3) is 0.286. The number of nitrogens with zero attached hydrogens (tertiary/aromatic N) is 5. The van der Waals surface area contributed by atoms with E-state index < -0.39 is 0 Å². The Labute approximate surface area is 494 Å². The van der Waals surface area contributed by atoms with Gasteiger partial charge in [0, 0.05) is 104 Å². The summed E-state index contributed by atoms with van der Waals surface area (Å²) in [4.78, 5) is 0. The SMILES string of the molecule is Cc1cc[n+](C)c(-c2cccc(C)c2C)c1.Cc1ccc(C)c(-c2cccc(C)[n+]2C)c1C.Cc1cccc(-c2c(C)ccc(C)[n+]2C)c1C.Cc1cccc(C)c1-c1cccc(C)[n+]1C.Cc1ccccc1-c1c(C)ccc(C)[n+]1C. The molecule has 0 aliphatic heterocycles. The van der Waals surface area contributed by atoms with Crippen LogP contribution in [0.5, 0.6) is 0 Å². The number of rotatable bonds is 5. The second kappa shape index (κ2) is 28.0. The van der Waals surface area contributed by atoms with Gasteiger partial charge in [-0.25, -0.2) is 4.57 Å². The van der Waals surface area contributed by atoms with Crippen LogP contribution in [0.4, 0.5) is 0 Å². The summed E-state index contributed by atoms with van der Waals surface area (Å²) < 4.78 is 11.2. The van der Waals surface area contributed by atoms with Gasteiger partial charge < -0.3 is 0 Å². The van der Waals surface area contributed by atoms with Crippen molar-refractivity contribution in [3.8, 4) is 56.3 Å². The lowest BCUT2D eigenvalue weighted by Crippen LogP contribution is -2.35. The van der Waals surface area contributed by atoms with Crippen LogP contribution < -0.4 is 22.8 Å². The van der Waals surface area contributed by atoms with Crippen LogP contribution in [0.25, 0.3) is 56.3 Å². The normalized spacial score (nSPS) is 10.6. The van der Waals surface area contributed by atoms with Crippen molar-refractivity contribution in [3.63, 3.8) is 0 Å². The van der Waals surface area contributed by atoms with Crippen LogP contribution in [0.3, 0.4) is 0 Å². The van der Waals surface area contributed by atoms with Crippen molar-refractivity contribution >= 4 is 0 Å². The molecule has 0 saturated carbocycles. The summed E-state index contributed by atoms with van der Waals surface area (Å²) in [6.45, 7) is 36.8. The Hall–Kier alpha value is -8.15. The maximum atomic E-state index is 2.27. The molecule has 10 aromatic rings. The Kier molecular flexibility index (Phi) is 21.5. The molecule has 5 nitrogen and oxygen atoms in total. The first kappa shape index (κ1) is 63.0. The Morgan fingerprint density at radius 1 is 0.244 bits per heavy atom. The highest BCUT2D eigenvalue weighted by atomic mass is 15.0. The van der Waals surface area contributed by atoms with E-state index in [1.54, 1.807) is 0 Å². The molecule has 422 valence electrons. The first-order chi connectivity index (χ1) is 38.8. The second-order valence-corrected chi connectivity index (χ2v) is 22.8. The second-order valence-electron chi connectivity index (χ2n) is 22.8. The fourth-order valence-corrected chi connectivity index (χ4v) is 10.8. The van der Waals surface area contributed by atoms with Gasteiger partial charge in [-0.05, 0) is 194 Å². The Balaban J connectivity index is 0.000000165. The Morgan fingerprint density at radius 2 is 0.610 bits per heavy atom. The summed E-state index contributed by atoms with van der Waals surface area (Å²) in [5, 5.41) is 0. The molecule has 0 N–H and O–H groups in total. The molecule has 5 heterocycles. The molecule has 5 aromatic heterocycles. The van der Waals surface area contributed by atoms with E-state index in [1.165, 1.54) is 151 Å². The molecule has 0 fully saturated rings. The van der Waals surface area contributed by atoms with E-state index >= 15 is 0 Å². The lowest BCUT2D eigenvalue weighted by atomic mass is 9.95. The molecule has 0 unspecified atom stereocenters. The van der Waals surface area contributed by atoms with E-state index in [9.17, 15) is 0 Å². The molecular weight excluding hydrogens is 995 g/mol. The molecule has 0 aliphatic rings. The van der Waals surface area contributed by atoms with E-state index in [4.69, 9.17) is 0 Å². The zero-order valence-corrected chi connectivity index (χ0v) is 53.9. The highest BCUT2D eigenvalue weighted by Crippen LogP contribution is 2.29. The van der Waals surface area contributed by atoms with Crippen molar-refractivity contribution in [1.82, 2.24) is 0 Å². The maximum Gasteiger partial charge on any atom is 0.215 e. The minimum atomic E-state index is 1.28. The highest BCUT2D eigenvalue weighted by molar-refractivity contribution is 5.69. The maximum absolute atomic E-state index is 2.27. The van der Waals surface area contributed by atoms with Crippen LogP contribution in [0.1, 0.15) is 95.1 Å². The van der Waals surface area contributed by atoms with E-state index in [-0.39, 0.29) is 0 Å². The molecule has 5 heteroatoms. The van der Waals surface area contributed by atoms with Crippen molar-refractivity contribution in [2.75, 3.05) is 0 Å². The average molecular weight is 1090 g/mol. The number of pyridine rings is 5. The predicted octanol–water partition coefficient (Wildman–Crippen LogP) is 16.1. The quantitative estimate of drug-likeness (QED) is 0.153. The minimum Gasteiger partial charge on any atom is -0.201 e. The van der Waals surface area contributed by atoms with Crippen molar-refractivity contribution in [2.24, 2.45) is 35.2 Å². The van der Waals surface area contributed by atoms with Crippen LogP contribution in [-0.2, 0) is 35.2 Å². The van der Waals surface area contributed by atoms with Crippen LogP contribution in [0, 0.1) is 118 Å². The molecule has 0 spiro atoms. The van der Waals surface area contributed by atoms with Crippen LogP contribution in [0.15, 0.2) is 170 Å². The number of benzene rings is 5. The first-order valence-electron chi connectivity index (χ1n) is 29.0. The van der Waals surface area contributed by atoms with Crippen molar-refractivity contribution in [2.45, 2.75) is 118 Å². The molecule has 0 aliphatic carbocycles. The van der Waals surface area contributed by atoms with Gasteiger partial charge in [0.1, 0.15) is 35.2 Å². The number of aryl methyl sites for hydroxylation is 15. The summed E-state index contributed by atoms with van der Waals surface area (Å²) in [6, 6.07) is 58.4. The lowest BCUT2D eigenvalue weighted by molar-refractivity contribution is -0.667. The third kappa shape index (κ3) is 14.7. The van der Waals surface area contributed by atoms with Crippen LogP contribution in [-0.4, -0.2) is 0 Å². The summed E-state index contributed by atoms with van der Waals surface area (Å²) in [7, 11) is 10.6. The van der Waals surface area contributed by atoms with Gasteiger partial charge in [0.2, 0.25) is 28.5 Å². The summed E-state index contributed by atoms with van der Waals surface area (Å²) in [6.07, 6.45) is 2.12. The van der Waals surface area contributed by atoms with Crippen LogP contribution in [0.2, 0.25) is 0 Å². The smallest absolute Gasteiger partial charge is 0.201 e. The van der Waals surface area contributed by atoms with Gasteiger partial charge in [-0.1, -0.05) is 72.8 Å². The van der Waals surface area contributed by atoms with Gasteiger partial charge >= 0.3 is 0 Å². The molecule has 10 rings (SSSR count). The first-order valence-corrected chi connectivity index (χ1v) is 29.0. The third-order valence-electron chi connectivity index (χ3n) is 17.0. The minimum absolute atomic E-state index is 1.28. The summed E-state index contributed by atoms with van der Waals surface area (Å²) in [5.74, 6) is 0. The molecule has 0 saturated heterocycles. The largest absolute Gasteiger partial charge is 0.215 e. The summed E-state index contributed by atoms with van der Waals surface area (Å²) in [5.41, 5.74) is 35.8. The molecule has 82 heavy (non-hydrogen) atoms. The topological polar surface area (TPSA) is 19.4 Å². The van der Waals surface area contributed by atoms with Crippen molar-refractivity contribution in [3.05, 3.63) is 265 Å². The highest BCUT2D eigenvalue weighted by Gasteiger charge is 2.21. The number of aromatic nitrogens is 5. The Morgan fingerprint density at radius 3 is 1.15 bits per heavy atom. The molecular formula is C77H94N5+5. The van der Waals surface area contributed by atoms with Gasteiger partial charge in [0.25, 0.3) is 0 Å². The van der Waals surface area contributed by atoms with E-state index in [1.807, 2.05) is 0 Å². The monoisotopic (exact) mass is 1090 g/mol. The van der Waals surface area contributed by atoms with Gasteiger partial charge in [-0.3, -0.25) is 0 Å². The molecule has 0 amide bonds. The molecule has 5 aromatic carbocycles. The number of hydrogen-bond donors (Lipinski definition) is 0. The van der Waals surface area contributed by atoms with Gasteiger partial charge in [0.05, 0.1) is 11.1 Å². The zero-order chi connectivity index (χ0) is 60.3. The van der Waals surface area contributed by atoms with Crippen LogP contribution >= 0.6 is 0 Å². The predicted molar refractivity (Wildman–Crippen MR) is 346 cm³/mol. The van der Waals surface area contributed by atoms with Gasteiger partial charge in [-0.15, -0.1) is 0 Å². The van der Waals surface area contributed by atoms with E-state index in [0.29, 0.717) is 0 Å². The Bertz CT molecular complexity index is 3770. The standard InChI is InChI=1S/2C16H20N.3C15H18N/c1-11-9-10-12(2)16(14(11)4)15-8-6-7-13(3)17(15)5;1-11-7-6-8-15(14(11)4)16-12(2)9-10-13(3)17(16)5;1-11-7-5-8-12(2)15(11)14-10-6-9-13(3)16(14)4;1-11-8-9-16(4)15(10-11)14-7-5-6-12(2)13(14)3;1-11-7-5-6-8-14(11)15-12(2)9-10-13(3)16(15)4/h2*6-10H,1-5H3;3*5-10H,1-4H3/q5*+1. The van der Waals surface area contributed by atoms with Gasteiger partial charge in [-0.2, -0.15) is 18.3 Å². The number of hydrogen-bond acceptors (Lipinski definition) is 0. The van der Waals surface area contributed by atoms with E-state index in [0.717, 1.165) is 0 Å². The van der Waals surface area contributed by atoms with Crippen molar-refractivity contribution in [1.29, 1.82) is 0 Å².